The van der Waals surface area contributed by atoms with Crippen molar-refractivity contribution >= 4 is 89.1 Å². The van der Waals surface area contributed by atoms with Gasteiger partial charge in [0, 0.05) is 57.7 Å². The molecule has 0 aromatic rings. The Kier molecular flexibility index (Phi) is 43.1. The first-order valence-corrected chi connectivity index (χ1v) is 35.9. The van der Waals surface area contributed by atoms with Crippen molar-refractivity contribution in [2.45, 2.75) is 291 Å². The molecule has 1 saturated heterocycles. The predicted molar refractivity (Wildman–Crippen MR) is 374 cm³/mol. The van der Waals surface area contributed by atoms with Crippen molar-refractivity contribution in [3.63, 3.8) is 0 Å². The molecule has 1 fully saturated rings. The van der Waals surface area contributed by atoms with E-state index in [0.717, 1.165) is 51.4 Å². The highest BCUT2D eigenvalue weighted by Crippen LogP contribution is 2.21. The number of likely N-dealkylation sites (tertiary alicyclic amines) is 1. The predicted octanol–water partition coefficient (Wildman–Crippen LogP) is 3.43. The number of rotatable bonds is 46. The Balaban J connectivity index is 3.36. The molecule has 0 radical (unpaired) electrons. The summed E-state index contributed by atoms with van der Waals surface area (Å²) in [6.07, 6.45) is 3.38. The van der Waals surface area contributed by atoms with Crippen molar-refractivity contribution in [3.8, 4) is 0 Å². The summed E-state index contributed by atoms with van der Waals surface area (Å²) in [7, 11) is 0. The van der Waals surface area contributed by atoms with E-state index in [2.05, 4.69) is 47.9 Å². The van der Waals surface area contributed by atoms with E-state index in [9.17, 15) is 71.9 Å². The molecule has 582 valence electrons. The number of carbonyl (C=O) groups is 15. The average Bonchev–Trinajstić information content (AvgIpc) is 0.866. The smallest absolute Gasteiger partial charge is 0.410 e. The topological polar surface area (TPSA) is 449 Å². The summed E-state index contributed by atoms with van der Waals surface area (Å²) in [6, 6.07) is -7.50. The van der Waals surface area contributed by atoms with Gasteiger partial charge in [0.2, 0.25) is 53.2 Å². The summed E-state index contributed by atoms with van der Waals surface area (Å²) >= 11 is 0. The number of hydrogen-bond donors (Lipinski definition) is 10. The SMILES string of the molecule is CCCCCOC(=O)[C@@H](CCC(=O)NCC(=O)NCC(=O)NCCCCCCN)NC(=O)CC[C@@H](NC(=O)[C@@H](CCC(=O)OC(C)(C)C)NC(=O)CC[C@@H](NC(=O)CC[C@@H](NC(=O)CNC(=O)C1CCN(C(=O)OC(C)(C)C)CC1)C(=O)OCCCCC)C(=O)OC(C)(C)C)C(=O)OC(C)(C)C. The summed E-state index contributed by atoms with van der Waals surface area (Å²) in [5.41, 5.74) is 1.61. The maximum Gasteiger partial charge on any atom is 0.410 e. The van der Waals surface area contributed by atoms with E-state index in [1.807, 2.05) is 13.8 Å². The number of carbonyl (C=O) groups excluding carboxylic acids is 15. The number of piperidine rings is 1. The van der Waals surface area contributed by atoms with Crippen molar-refractivity contribution in [1.82, 2.24) is 52.8 Å². The number of nitrogens with zero attached hydrogens (tertiary/aromatic N) is 1. The summed E-state index contributed by atoms with van der Waals surface area (Å²) < 4.78 is 33.0. The molecule has 102 heavy (non-hydrogen) atoms. The third-order valence-corrected chi connectivity index (χ3v) is 14.9. The molecule has 0 aromatic heterocycles. The van der Waals surface area contributed by atoms with Crippen LogP contribution in [0, 0.1) is 5.92 Å². The van der Waals surface area contributed by atoms with Gasteiger partial charge in [0.1, 0.15) is 52.6 Å². The van der Waals surface area contributed by atoms with Crippen LogP contribution in [-0.2, 0) is 95.5 Å². The molecule has 32 heteroatoms. The number of nitrogens with two attached hydrogens (primary N) is 1. The first-order chi connectivity index (χ1) is 47.6. The van der Waals surface area contributed by atoms with E-state index in [4.69, 9.17) is 34.2 Å². The first kappa shape index (κ1) is 91.8. The van der Waals surface area contributed by atoms with Crippen molar-refractivity contribution in [2.24, 2.45) is 11.7 Å². The second-order valence-corrected chi connectivity index (χ2v) is 29.2. The monoisotopic (exact) mass is 1450 g/mol. The van der Waals surface area contributed by atoms with E-state index in [1.54, 1.807) is 83.1 Å². The molecule has 11 N–H and O–H groups in total. The van der Waals surface area contributed by atoms with Crippen LogP contribution in [0.5, 0.6) is 0 Å². The highest BCUT2D eigenvalue weighted by atomic mass is 16.6. The Labute approximate surface area is 601 Å². The second-order valence-electron chi connectivity index (χ2n) is 29.2. The average molecular weight is 1450 g/mol. The van der Waals surface area contributed by atoms with E-state index >= 15 is 0 Å². The van der Waals surface area contributed by atoms with Crippen LogP contribution in [0.1, 0.15) is 238 Å². The molecule has 0 aliphatic carbocycles. The Morgan fingerprint density at radius 2 is 0.775 bits per heavy atom. The Bertz CT molecular complexity index is 2730. The van der Waals surface area contributed by atoms with Gasteiger partial charge in [-0.3, -0.25) is 47.9 Å². The fourth-order valence-corrected chi connectivity index (χ4v) is 9.72. The molecule has 0 unspecified atom stereocenters. The Hall–Kier alpha value is -8.19. The molecular weight excluding hydrogens is 1330 g/mol. The number of esters is 5. The second kappa shape index (κ2) is 47.9. The van der Waals surface area contributed by atoms with Crippen molar-refractivity contribution in [1.29, 1.82) is 0 Å². The number of nitrogens with one attached hydrogen (secondary N) is 9. The molecule has 32 nitrogen and oxygen atoms in total. The summed E-state index contributed by atoms with van der Waals surface area (Å²) in [6.45, 7) is 23.6. The molecule has 0 spiro atoms. The lowest BCUT2D eigenvalue weighted by atomic mass is 9.96. The quantitative estimate of drug-likeness (QED) is 0.0237. The van der Waals surface area contributed by atoms with Gasteiger partial charge in [-0.05, 0) is 160 Å². The van der Waals surface area contributed by atoms with Crippen LogP contribution < -0.4 is 53.6 Å². The van der Waals surface area contributed by atoms with Crippen LogP contribution in [0.2, 0.25) is 0 Å². The van der Waals surface area contributed by atoms with Gasteiger partial charge in [-0.25, -0.2) is 24.0 Å². The number of amides is 10. The minimum atomic E-state index is -1.60. The van der Waals surface area contributed by atoms with Crippen molar-refractivity contribution < 1.29 is 100 Å². The van der Waals surface area contributed by atoms with Gasteiger partial charge >= 0.3 is 35.9 Å². The standard InChI is InChI=1S/C70H121N11O21/c1-15-17-23-41-97-62(92)48(25-30-52(82)73-44-57(87)74-43-56(86)72-38-22-20-19-21-37-71)77-54(84)33-28-51(65(95)101-69(9,10)11)80-61(91)47(29-34-59(89)99-67(3,4)5)76-53(83)32-27-50(64(94)100-68(6,7)8)78-55(85)31-26-49(63(93)98-42-24-18-16-2)79-58(88)45-75-60(90)46-35-39-81(40-36-46)66(96)102-70(12,13)14/h46-51H,15-45,71H2,1-14H3,(H,72,86)(H,73,82)(H,74,87)(H,75,90)(H,76,83)(H,77,84)(H,78,85)(H,79,88)(H,80,91)/t47-,48-,49-,50-,51-/m1/s1. The van der Waals surface area contributed by atoms with E-state index in [0.29, 0.717) is 38.8 Å². The molecule has 10 amide bonds. The number of unbranched alkanes of at least 4 members (excludes halogenated alkanes) is 7. The lowest BCUT2D eigenvalue weighted by molar-refractivity contribution is -0.159. The van der Waals surface area contributed by atoms with Gasteiger partial charge in [-0.2, -0.15) is 0 Å². The molecule has 1 rings (SSSR count). The fourth-order valence-electron chi connectivity index (χ4n) is 9.72. The Morgan fingerprint density at radius 1 is 0.392 bits per heavy atom. The number of hydrogen-bond acceptors (Lipinski definition) is 22. The largest absolute Gasteiger partial charge is 0.464 e. The third kappa shape index (κ3) is 44.9. The lowest BCUT2D eigenvalue weighted by Crippen LogP contribution is -2.53. The van der Waals surface area contributed by atoms with Crippen LogP contribution in [0.25, 0.3) is 0 Å². The Morgan fingerprint density at radius 3 is 1.23 bits per heavy atom. The van der Waals surface area contributed by atoms with Crippen LogP contribution in [0.3, 0.4) is 0 Å². The molecule has 1 aliphatic heterocycles. The maximum atomic E-state index is 14.4. The van der Waals surface area contributed by atoms with E-state index in [1.165, 1.54) is 4.90 Å². The first-order valence-electron chi connectivity index (χ1n) is 35.9. The molecule has 0 bridgehead atoms. The van der Waals surface area contributed by atoms with Gasteiger partial charge in [-0.1, -0.05) is 52.4 Å². The third-order valence-electron chi connectivity index (χ3n) is 14.9. The fraction of sp³-hybridized carbons (Fsp3) is 0.786. The minimum Gasteiger partial charge on any atom is -0.464 e. The highest BCUT2D eigenvalue weighted by molar-refractivity contribution is 5.93. The van der Waals surface area contributed by atoms with Gasteiger partial charge in [0.15, 0.2) is 0 Å². The van der Waals surface area contributed by atoms with E-state index in [-0.39, 0.29) is 52.1 Å². The normalized spacial score (nSPS) is 14.1. The van der Waals surface area contributed by atoms with Gasteiger partial charge < -0.3 is 86.9 Å². The molecule has 1 aliphatic rings. The van der Waals surface area contributed by atoms with Crippen LogP contribution in [-0.4, -0.2) is 206 Å². The summed E-state index contributed by atoms with van der Waals surface area (Å²) in [4.78, 5) is 202. The zero-order valence-corrected chi connectivity index (χ0v) is 63.0. The molecule has 0 saturated carbocycles. The van der Waals surface area contributed by atoms with Gasteiger partial charge in [0.25, 0.3) is 0 Å². The molecule has 1 heterocycles. The van der Waals surface area contributed by atoms with Gasteiger partial charge in [-0.15, -0.1) is 0 Å². The van der Waals surface area contributed by atoms with Crippen LogP contribution in [0.4, 0.5) is 4.79 Å². The van der Waals surface area contributed by atoms with Crippen LogP contribution in [0.15, 0.2) is 0 Å². The molecule has 5 atom stereocenters. The summed E-state index contributed by atoms with van der Waals surface area (Å²) in [5.74, 6) is -11.5. The van der Waals surface area contributed by atoms with Crippen molar-refractivity contribution in [3.05, 3.63) is 0 Å². The maximum absolute atomic E-state index is 14.4. The zero-order chi connectivity index (χ0) is 77.2. The van der Waals surface area contributed by atoms with Crippen LogP contribution >= 0.6 is 0 Å². The number of ether oxygens (including phenoxy) is 6. The lowest BCUT2D eigenvalue weighted by Gasteiger charge is -2.32. The highest BCUT2D eigenvalue weighted by Gasteiger charge is 2.36. The molecule has 0 aromatic carbocycles. The zero-order valence-electron chi connectivity index (χ0n) is 63.0. The molecular formula is C70H121N11O21. The van der Waals surface area contributed by atoms with Crippen molar-refractivity contribution in [2.75, 3.05) is 59.0 Å². The van der Waals surface area contributed by atoms with E-state index < -0.39 is 206 Å². The summed E-state index contributed by atoms with van der Waals surface area (Å²) in [5, 5.41) is 22.8. The minimum absolute atomic E-state index is 0.00650. The van der Waals surface area contributed by atoms with Gasteiger partial charge in [0.05, 0.1) is 32.8 Å².